The molecule has 0 unspecified atom stereocenters. The molecule has 0 aliphatic carbocycles. The van der Waals surface area contributed by atoms with Crippen LogP contribution in [0, 0.1) is 20.8 Å². The molecule has 88 valence electrons. The summed E-state index contributed by atoms with van der Waals surface area (Å²) in [6.45, 7) is 6.23. The Morgan fingerprint density at radius 2 is 1.82 bits per heavy atom. The maximum atomic E-state index is 6.23. The molecule has 0 saturated heterocycles. The maximum Gasteiger partial charge on any atom is 0.146 e. The van der Waals surface area contributed by atoms with E-state index in [-0.39, 0.29) is 0 Å². The van der Waals surface area contributed by atoms with Crippen LogP contribution in [0.15, 0.2) is 34.6 Å². The Hall–Kier alpha value is -1.12. The van der Waals surface area contributed by atoms with Crippen molar-refractivity contribution in [2.75, 3.05) is 0 Å². The van der Waals surface area contributed by atoms with E-state index in [1.165, 1.54) is 5.56 Å². The van der Waals surface area contributed by atoms with Crippen LogP contribution >= 0.6 is 22.9 Å². The second-order valence-electron chi connectivity index (χ2n) is 4.13. The van der Waals surface area contributed by atoms with E-state index in [0.717, 1.165) is 21.7 Å². The summed E-state index contributed by atoms with van der Waals surface area (Å²) in [5.74, 6) is 0. The van der Waals surface area contributed by atoms with Crippen molar-refractivity contribution in [2.45, 2.75) is 20.8 Å². The van der Waals surface area contributed by atoms with Crippen molar-refractivity contribution in [3.05, 3.63) is 51.2 Å². The van der Waals surface area contributed by atoms with Gasteiger partial charge >= 0.3 is 0 Å². The van der Waals surface area contributed by atoms with Gasteiger partial charge in [0.15, 0.2) is 0 Å². The van der Waals surface area contributed by atoms with Crippen molar-refractivity contribution in [1.29, 1.82) is 0 Å². The van der Waals surface area contributed by atoms with E-state index in [1.807, 2.05) is 17.5 Å². The minimum Gasteiger partial charge on any atom is -0.235 e. The van der Waals surface area contributed by atoms with Crippen LogP contribution in [0.4, 0.5) is 5.69 Å². The highest BCUT2D eigenvalue weighted by atomic mass is 35.5. The van der Waals surface area contributed by atoms with Crippen LogP contribution in [0.2, 0.25) is 0 Å². The van der Waals surface area contributed by atoms with Crippen LogP contribution < -0.4 is 0 Å². The highest BCUT2D eigenvalue weighted by Crippen LogP contribution is 2.27. The van der Waals surface area contributed by atoms with E-state index in [1.54, 1.807) is 11.3 Å². The van der Waals surface area contributed by atoms with Crippen molar-refractivity contribution in [3.63, 3.8) is 0 Å². The van der Waals surface area contributed by atoms with Gasteiger partial charge in [0.05, 0.1) is 10.6 Å². The zero-order chi connectivity index (χ0) is 12.4. The average Bonchev–Trinajstić information content (AvgIpc) is 2.76. The van der Waals surface area contributed by atoms with Gasteiger partial charge in [0, 0.05) is 0 Å². The molecular weight excluding hydrogens is 250 g/mol. The van der Waals surface area contributed by atoms with Crippen LogP contribution in [-0.4, -0.2) is 5.17 Å². The molecule has 2 rings (SSSR count). The molecule has 2 aromatic rings. The Morgan fingerprint density at radius 1 is 1.18 bits per heavy atom. The van der Waals surface area contributed by atoms with Gasteiger partial charge in [-0.25, -0.2) is 4.99 Å². The number of aliphatic imine (C=N–C) groups is 1. The largest absolute Gasteiger partial charge is 0.235 e. The second kappa shape index (κ2) is 5.03. The van der Waals surface area contributed by atoms with Crippen molar-refractivity contribution in [2.24, 2.45) is 4.99 Å². The summed E-state index contributed by atoms with van der Waals surface area (Å²) in [6.07, 6.45) is 0. The summed E-state index contributed by atoms with van der Waals surface area (Å²) in [7, 11) is 0. The number of halogens is 1. The molecule has 0 amide bonds. The number of thiophene rings is 1. The molecule has 3 heteroatoms. The van der Waals surface area contributed by atoms with Crippen molar-refractivity contribution in [3.8, 4) is 0 Å². The number of hydrogen-bond acceptors (Lipinski definition) is 2. The van der Waals surface area contributed by atoms with E-state index >= 15 is 0 Å². The SMILES string of the molecule is Cc1cc(C)c(N=C(Cl)c2cccs2)c(C)c1. The van der Waals surface area contributed by atoms with Crippen molar-refractivity contribution in [1.82, 2.24) is 0 Å². The fraction of sp³-hybridized carbons (Fsp3) is 0.214. The van der Waals surface area contributed by atoms with Gasteiger partial charge < -0.3 is 0 Å². The third kappa shape index (κ3) is 2.76. The smallest absolute Gasteiger partial charge is 0.146 e. The van der Waals surface area contributed by atoms with Gasteiger partial charge in [0.2, 0.25) is 0 Å². The molecule has 1 heterocycles. The number of nitrogens with zero attached hydrogens (tertiary/aromatic N) is 1. The highest BCUT2D eigenvalue weighted by molar-refractivity contribution is 7.14. The molecule has 17 heavy (non-hydrogen) atoms. The molecule has 1 aromatic carbocycles. The summed E-state index contributed by atoms with van der Waals surface area (Å²) in [5.41, 5.74) is 4.56. The van der Waals surface area contributed by atoms with Gasteiger partial charge in [0.1, 0.15) is 5.17 Å². The van der Waals surface area contributed by atoms with Crippen LogP contribution in [0.1, 0.15) is 21.6 Å². The topological polar surface area (TPSA) is 12.4 Å². The Kier molecular flexibility index (Phi) is 3.65. The predicted octanol–water partition coefficient (Wildman–Crippen LogP) is 4.99. The van der Waals surface area contributed by atoms with Crippen LogP contribution in [0.25, 0.3) is 0 Å². The Morgan fingerprint density at radius 3 is 2.35 bits per heavy atom. The highest BCUT2D eigenvalue weighted by Gasteiger charge is 2.06. The molecule has 0 saturated carbocycles. The molecular formula is C14H14ClNS. The fourth-order valence-corrected chi connectivity index (χ4v) is 2.78. The lowest BCUT2D eigenvalue weighted by Crippen LogP contribution is -1.89. The summed E-state index contributed by atoms with van der Waals surface area (Å²) in [4.78, 5) is 5.54. The minimum absolute atomic E-state index is 0.565. The van der Waals surface area contributed by atoms with E-state index < -0.39 is 0 Å². The summed E-state index contributed by atoms with van der Waals surface area (Å²) >= 11 is 7.83. The normalized spacial score (nSPS) is 11.9. The maximum absolute atomic E-state index is 6.23. The lowest BCUT2D eigenvalue weighted by molar-refractivity contribution is 1.29. The van der Waals surface area contributed by atoms with Crippen LogP contribution in [0.3, 0.4) is 0 Å². The van der Waals surface area contributed by atoms with Crippen LogP contribution in [0.5, 0.6) is 0 Å². The zero-order valence-electron chi connectivity index (χ0n) is 10.1. The number of benzene rings is 1. The van der Waals surface area contributed by atoms with E-state index in [0.29, 0.717) is 5.17 Å². The molecule has 0 bridgehead atoms. The fourth-order valence-electron chi connectivity index (χ4n) is 1.90. The average molecular weight is 264 g/mol. The molecule has 0 aliphatic heterocycles. The standard InChI is InChI=1S/C14H14ClNS/c1-9-7-10(2)13(11(3)8-9)16-14(15)12-5-4-6-17-12/h4-8H,1-3H3. The molecule has 0 aliphatic rings. The molecule has 0 fully saturated rings. The Labute approximate surface area is 111 Å². The van der Waals surface area contributed by atoms with Crippen molar-refractivity contribution >= 4 is 33.8 Å². The minimum atomic E-state index is 0.565. The first-order chi connectivity index (χ1) is 8.08. The number of hydrogen-bond donors (Lipinski definition) is 0. The second-order valence-corrected chi connectivity index (χ2v) is 5.43. The van der Waals surface area contributed by atoms with Gasteiger partial charge in [-0.3, -0.25) is 0 Å². The number of aryl methyl sites for hydroxylation is 3. The molecule has 0 atom stereocenters. The van der Waals surface area contributed by atoms with E-state index in [4.69, 9.17) is 11.6 Å². The molecule has 0 radical (unpaired) electrons. The van der Waals surface area contributed by atoms with E-state index in [9.17, 15) is 0 Å². The first-order valence-corrected chi connectivity index (χ1v) is 6.69. The van der Waals surface area contributed by atoms with Crippen molar-refractivity contribution < 1.29 is 0 Å². The van der Waals surface area contributed by atoms with Gasteiger partial charge in [-0.1, -0.05) is 35.4 Å². The predicted molar refractivity (Wildman–Crippen MR) is 77.0 cm³/mol. The molecule has 1 nitrogen and oxygen atoms in total. The van der Waals surface area contributed by atoms with E-state index in [2.05, 4.69) is 37.9 Å². The van der Waals surface area contributed by atoms with Gasteiger partial charge in [0.25, 0.3) is 0 Å². The summed E-state index contributed by atoms with van der Waals surface area (Å²) in [6, 6.07) is 8.22. The lowest BCUT2D eigenvalue weighted by Gasteiger charge is -2.07. The van der Waals surface area contributed by atoms with Gasteiger partial charge in [-0.15, -0.1) is 11.3 Å². The summed E-state index contributed by atoms with van der Waals surface area (Å²) < 4.78 is 0. The molecule has 0 spiro atoms. The first-order valence-electron chi connectivity index (χ1n) is 5.44. The Bertz CT molecular complexity index is 533. The van der Waals surface area contributed by atoms with Gasteiger partial charge in [-0.2, -0.15) is 0 Å². The van der Waals surface area contributed by atoms with Gasteiger partial charge in [-0.05, 0) is 43.3 Å². The quantitative estimate of drug-likeness (QED) is 0.677. The Balaban J connectivity index is 2.46. The number of rotatable bonds is 2. The monoisotopic (exact) mass is 263 g/mol. The first kappa shape index (κ1) is 12.3. The van der Waals surface area contributed by atoms with Crippen LogP contribution in [-0.2, 0) is 0 Å². The molecule has 1 aromatic heterocycles. The third-order valence-corrected chi connectivity index (χ3v) is 3.85. The third-order valence-electron chi connectivity index (χ3n) is 2.57. The zero-order valence-corrected chi connectivity index (χ0v) is 11.7. The summed E-state index contributed by atoms with van der Waals surface area (Å²) in [5, 5.41) is 2.57. The lowest BCUT2D eigenvalue weighted by atomic mass is 10.1. The molecule has 0 N–H and O–H groups in total.